The summed E-state index contributed by atoms with van der Waals surface area (Å²) in [5.41, 5.74) is 1.60. The fourth-order valence-corrected chi connectivity index (χ4v) is 1.78. The van der Waals surface area contributed by atoms with Gasteiger partial charge in [-0.1, -0.05) is 18.9 Å². The normalized spacial score (nSPS) is 12.0. The molecule has 3 heteroatoms. The minimum atomic E-state index is -0.211. The van der Waals surface area contributed by atoms with Crippen molar-refractivity contribution in [3.8, 4) is 12.3 Å². The van der Waals surface area contributed by atoms with Gasteiger partial charge in [0.05, 0.1) is 6.04 Å². The van der Waals surface area contributed by atoms with Crippen molar-refractivity contribution in [3.63, 3.8) is 0 Å². The number of terminal acetylenes is 1. The molecule has 0 fully saturated rings. The van der Waals surface area contributed by atoms with Gasteiger partial charge in [-0.2, -0.15) is 0 Å². The Labute approximate surface area is 100 Å². The molecule has 1 amide bonds. The van der Waals surface area contributed by atoms with Gasteiger partial charge in [0.2, 0.25) is 0 Å². The van der Waals surface area contributed by atoms with Gasteiger partial charge in [-0.3, -0.25) is 4.79 Å². The number of nitrogens with one attached hydrogen (secondary N) is 2. The number of carbonyl (C=O) groups is 1. The summed E-state index contributed by atoms with van der Waals surface area (Å²) in [5.74, 6) is 2.43. The average Bonchev–Trinajstić information content (AvgIpc) is 2.83. The molecule has 0 saturated carbocycles. The van der Waals surface area contributed by atoms with E-state index in [1.54, 1.807) is 6.07 Å². The third-order valence-electron chi connectivity index (χ3n) is 2.75. The highest BCUT2D eigenvalue weighted by Gasteiger charge is 2.12. The Morgan fingerprint density at radius 3 is 3.06 bits per heavy atom. The van der Waals surface area contributed by atoms with Gasteiger partial charge in [-0.25, -0.2) is 0 Å². The molecule has 86 valence electrons. The van der Waals surface area contributed by atoms with E-state index >= 15 is 0 Å². The summed E-state index contributed by atoms with van der Waals surface area (Å²) in [5, 5.41) is 3.74. The number of H-pyrrole nitrogens is 1. The number of aromatic amines is 1. The van der Waals surface area contributed by atoms with Gasteiger partial charge in [-0.05, 0) is 24.6 Å². The summed E-state index contributed by atoms with van der Waals surface area (Å²) in [6.45, 7) is 1.95. The van der Waals surface area contributed by atoms with E-state index in [2.05, 4.69) is 16.2 Å². The second-order valence-electron chi connectivity index (χ2n) is 3.85. The van der Waals surface area contributed by atoms with E-state index in [-0.39, 0.29) is 11.9 Å². The Kier molecular flexibility index (Phi) is 3.15. The van der Waals surface area contributed by atoms with Gasteiger partial charge in [0.1, 0.15) is 0 Å². The quantitative estimate of drug-likeness (QED) is 0.775. The fourth-order valence-electron chi connectivity index (χ4n) is 1.78. The molecule has 1 unspecified atom stereocenters. The van der Waals surface area contributed by atoms with E-state index in [4.69, 9.17) is 6.42 Å². The van der Waals surface area contributed by atoms with Gasteiger partial charge in [0, 0.05) is 22.7 Å². The molecule has 1 heterocycles. The summed E-state index contributed by atoms with van der Waals surface area (Å²) in [6.07, 6.45) is 7.88. The van der Waals surface area contributed by atoms with Crippen LogP contribution >= 0.6 is 0 Å². The largest absolute Gasteiger partial charge is 0.361 e. The first-order chi connectivity index (χ1) is 8.26. The summed E-state index contributed by atoms with van der Waals surface area (Å²) >= 11 is 0. The summed E-state index contributed by atoms with van der Waals surface area (Å²) in [6, 6.07) is 7.27. The van der Waals surface area contributed by atoms with Gasteiger partial charge in [-0.15, -0.1) is 6.42 Å². The van der Waals surface area contributed by atoms with Crippen LogP contribution in [0.15, 0.2) is 30.5 Å². The SMILES string of the molecule is C#CC(CC)NC(=O)c1cccc2[nH]ccc12. The Hall–Kier alpha value is -2.21. The number of benzene rings is 1. The average molecular weight is 226 g/mol. The van der Waals surface area contributed by atoms with Crippen molar-refractivity contribution in [1.29, 1.82) is 0 Å². The van der Waals surface area contributed by atoms with E-state index in [0.717, 1.165) is 17.3 Å². The zero-order chi connectivity index (χ0) is 12.3. The van der Waals surface area contributed by atoms with Crippen LogP contribution in [0.1, 0.15) is 23.7 Å². The van der Waals surface area contributed by atoms with Crippen LogP contribution in [0, 0.1) is 12.3 Å². The molecule has 1 atom stereocenters. The molecule has 2 N–H and O–H groups in total. The number of hydrogen-bond acceptors (Lipinski definition) is 1. The van der Waals surface area contributed by atoms with Crippen molar-refractivity contribution >= 4 is 16.8 Å². The lowest BCUT2D eigenvalue weighted by Crippen LogP contribution is -2.33. The molecule has 3 nitrogen and oxygen atoms in total. The van der Waals surface area contributed by atoms with E-state index < -0.39 is 0 Å². The molecule has 0 aliphatic rings. The summed E-state index contributed by atoms with van der Waals surface area (Å²) in [4.78, 5) is 15.1. The van der Waals surface area contributed by atoms with Crippen molar-refractivity contribution in [3.05, 3.63) is 36.0 Å². The van der Waals surface area contributed by atoms with Crippen LogP contribution in [0.4, 0.5) is 0 Å². The lowest BCUT2D eigenvalue weighted by Gasteiger charge is -2.11. The molecule has 0 aliphatic carbocycles. The Balaban J connectivity index is 2.31. The molecule has 2 aromatic rings. The zero-order valence-electron chi connectivity index (χ0n) is 9.66. The van der Waals surface area contributed by atoms with Crippen molar-refractivity contribution in [2.24, 2.45) is 0 Å². The number of carbonyl (C=O) groups excluding carboxylic acids is 1. The minimum Gasteiger partial charge on any atom is -0.361 e. The first-order valence-electron chi connectivity index (χ1n) is 5.59. The molecule has 1 aromatic carbocycles. The van der Waals surface area contributed by atoms with Gasteiger partial charge < -0.3 is 10.3 Å². The standard InChI is InChI=1S/C14H14N2O/c1-3-10(4-2)16-14(17)12-6-5-7-13-11(12)8-9-15-13/h1,5-10,15H,4H2,2H3,(H,16,17). The van der Waals surface area contributed by atoms with E-state index in [1.165, 1.54) is 0 Å². The lowest BCUT2D eigenvalue weighted by molar-refractivity contribution is 0.0946. The maximum absolute atomic E-state index is 12.1. The first kappa shape index (κ1) is 11.3. The predicted octanol–water partition coefficient (Wildman–Crippen LogP) is 2.31. The van der Waals surface area contributed by atoms with Gasteiger partial charge in [0.15, 0.2) is 0 Å². The molecule has 17 heavy (non-hydrogen) atoms. The molecule has 0 radical (unpaired) electrons. The molecule has 2 rings (SSSR count). The molecule has 0 aliphatic heterocycles. The van der Waals surface area contributed by atoms with Gasteiger partial charge in [0.25, 0.3) is 5.91 Å². The van der Waals surface area contributed by atoms with Crippen LogP contribution in [0.2, 0.25) is 0 Å². The topological polar surface area (TPSA) is 44.9 Å². The highest BCUT2D eigenvalue weighted by Crippen LogP contribution is 2.17. The third kappa shape index (κ3) is 2.16. The number of fused-ring (bicyclic) bond motifs is 1. The summed E-state index contributed by atoms with van der Waals surface area (Å²) < 4.78 is 0. The van der Waals surface area contributed by atoms with E-state index in [0.29, 0.717) is 5.56 Å². The molecular formula is C14H14N2O. The van der Waals surface area contributed by atoms with Crippen molar-refractivity contribution < 1.29 is 4.79 Å². The fraction of sp³-hybridized carbons (Fsp3) is 0.214. The maximum Gasteiger partial charge on any atom is 0.252 e. The highest BCUT2D eigenvalue weighted by atomic mass is 16.1. The van der Waals surface area contributed by atoms with Crippen LogP contribution in [0.3, 0.4) is 0 Å². The minimum absolute atomic E-state index is 0.125. The highest BCUT2D eigenvalue weighted by molar-refractivity contribution is 6.06. The molecule has 0 spiro atoms. The maximum atomic E-state index is 12.1. The Morgan fingerprint density at radius 2 is 2.35 bits per heavy atom. The molecular weight excluding hydrogens is 212 g/mol. The predicted molar refractivity (Wildman–Crippen MR) is 68.7 cm³/mol. The van der Waals surface area contributed by atoms with Crippen LogP contribution in [0.25, 0.3) is 10.9 Å². The number of rotatable bonds is 3. The Morgan fingerprint density at radius 1 is 1.53 bits per heavy atom. The van der Waals surface area contributed by atoms with Crippen molar-refractivity contribution in [2.75, 3.05) is 0 Å². The van der Waals surface area contributed by atoms with E-state index in [9.17, 15) is 4.79 Å². The second-order valence-corrected chi connectivity index (χ2v) is 3.85. The van der Waals surface area contributed by atoms with Crippen LogP contribution in [0.5, 0.6) is 0 Å². The smallest absolute Gasteiger partial charge is 0.252 e. The lowest BCUT2D eigenvalue weighted by atomic mass is 10.1. The van der Waals surface area contributed by atoms with E-state index in [1.807, 2.05) is 31.3 Å². The first-order valence-corrected chi connectivity index (χ1v) is 5.59. The number of aromatic nitrogens is 1. The summed E-state index contributed by atoms with van der Waals surface area (Å²) in [7, 11) is 0. The third-order valence-corrected chi connectivity index (χ3v) is 2.75. The molecule has 0 bridgehead atoms. The van der Waals surface area contributed by atoms with Gasteiger partial charge >= 0.3 is 0 Å². The second kappa shape index (κ2) is 4.75. The Bertz CT molecular complexity index is 577. The van der Waals surface area contributed by atoms with Crippen molar-refractivity contribution in [1.82, 2.24) is 10.3 Å². The monoisotopic (exact) mass is 226 g/mol. The van der Waals surface area contributed by atoms with Crippen LogP contribution in [-0.2, 0) is 0 Å². The molecule has 1 aromatic heterocycles. The number of amides is 1. The molecule has 0 saturated heterocycles. The van der Waals surface area contributed by atoms with Crippen LogP contribution < -0.4 is 5.32 Å². The van der Waals surface area contributed by atoms with Crippen LogP contribution in [-0.4, -0.2) is 16.9 Å². The number of hydrogen-bond donors (Lipinski definition) is 2. The zero-order valence-corrected chi connectivity index (χ0v) is 9.66. The van der Waals surface area contributed by atoms with Crippen molar-refractivity contribution in [2.45, 2.75) is 19.4 Å².